The Morgan fingerprint density at radius 1 is 1.22 bits per heavy atom. The minimum absolute atomic E-state index is 0.0237. The van der Waals surface area contributed by atoms with E-state index in [0.29, 0.717) is 24.1 Å². The van der Waals surface area contributed by atoms with Crippen molar-refractivity contribution in [2.24, 2.45) is 0 Å². The van der Waals surface area contributed by atoms with E-state index in [1.807, 2.05) is 6.92 Å². The summed E-state index contributed by atoms with van der Waals surface area (Å²) in [6, 6.07) is 6.38. The predicted molar refractivity (Wildman–Crippen MR) is 105 cm³/mol. The molecular formula is C18H23NO6S2. The molecule has 9 heteroatoms. The molecule has 148 valence electrons. The molecule has 2 rings (SSSR count). The van der Waals surface area contributed by atoms with Crippen molar-refractivity contribution in [1.82, 2.24) is 0 Å². The Morgan fingerprint density at radius 3 is 2.52 bits per heavy atom. The molecule has 1 atom stereocenters. The number of carbonyl (C=O) groups excluding carboxylic acids is 3. The highest BCUT2D eigenvalue weighted by molar-refractivity contribution is 8.02. The second-order valence-corrected chi connectivity index (χ2v) is 9.81. The molecule has 0 aliphatic carbocycles. The number of rotatable bonds is 9. The normalized spacial score (nSPS) is 18.0. The van der Waals surface area contributed by atoms with Crippen LogP contribution >= 0.6 is 11.8 Å². The lowest BCUT2D eigenvalue weighted by atomic mass is 10.1. The first kappa shape index (κ1) is 21.4. The van der Waals surface area contributed by atoms with E-state index >= 15 is 0 Å². The number of nitrogens with one attached hydrogen (secondary N) is 1. The first-order valence-electron chi connectivity index (χ1n) is 8.70. The second-order valence-electron chi connectivity index (χ2n) is 6.30. The molecule has 7 nitrogen and oxygen atoms in total. The summed E-state index contributed by atoms with van der Waals surface area (Å²) in [7, 11) is -2.97. The van der Waals surface area contributed by atoms with Crippen LogP contribution in [0.3, 0.4) is 0 Å². The van der Waals surface area contributed by atoms with Crippen LogP contribution < -0.4 is 5.32 Å². The van der Waals surface area contributed by atoms with E-state index in [0.717, 1.165) is 6.42 Å². The van der Waals surface area contributed by atoms with Crippen molar-refractivity contribution in [2.75, 3.05) is 29.2 Å². The first-order chi connectivity index (χ1) is 12.8. The predicted octanol–water partition coefficient (Wildman–Crippen LogP) is 2.07. The number of sulfone groups is 1. The quantitative estimate of drug-likeness (QED) is 0.488. The Balaban J connectivity index is 1.73. The maximum Gasteiger partial charge on any atom is 0.316 e. The highest BCUT2D eigenvalue weighted by Gasteiger charge is 2.28. The molecule has 0 unspecified atom stereocenters. The lowest BCUT2D eigenvalue weighted by molar-refractivity contribution is -0.139. The van der Waals surface area contributed by atoms with Gasteiger partial charge in [-0.2, -0.15) is 0 Å². The van der Waals surface area contributed by atoms with Gasteiger partial charge >= 0.3 is 5.97 Å². The molecule has 1 fully saturated rings. The van der Waals surface area contributed by atoms with Crippen LogP contribution in [-0.2, 0) is 24.2 Å². The third-order valence-electron chi connectivity index (χ3n) is 3.96. The van der Waals surface area contributed by atoms with Gasteiger partial charge in [-0.25, -0.2) is 8.42 Å². The number of hydrogen-bond acceptors (Lipinski definition) is 7. The van der Waals surface area contributed by atoms with Crippen LogP contribution in [0.2, 0.25) is 0 Å². The van der Waals surface area contributed by atoms with Gasteiger partial charge in [0.25, 0.3) is 0 Å². The van der Waals surface area contributed by atoms with Gasteiger partial charge in [-0.05, 0) is 37.1 Å². The number of hydrogen-bond donors (Lipinski definition) is 1. The third kappa shape index (κ3) is 7.34. The monoisotopic (exact) mass is 413 g/mol. The van der Waals surface area contributed by atoms with Crippen LogP contribution in [0.25, 0.3) is 0 Å². The molecule has 1 heterocycles. The number of anilines is 1. The zero-order chi connectivity index (χ0) is 19.9. The Kier molecular flexibility index (Phi) is 7.85. The lowest BCUT2D eigenvalue weighted by Crippen LogP contribution is -2.17. The van der Waals surface area contributed by atoms with Gasteiger partial charge in [-0.1, -0.05) is 6.92 Å². The van der Waals surface area contributed by atoms with Crippen LogP contribution in [0.1, 0.15) is 36.5 Å². The van der Waals surface area contributed by atoms with Crippen LogP contribution in [0.15, 0.2) is 24.3 Å². The standard InChI is InChI=1S/C18H23NO6S2/c1-2-3-17(21)19-14-6-4-13(5-7-14)16(20)10-25-18(22)11-26-15-8-9-27(23,24)12-15/h4-7,15H,2-3,8-12H2,1H3,(H,19,21)/t15-/m1/s1. The summed E-state index contributed by atoms with van der Waals surface area (Å²) in [5.41, 5.74) is 0.982. The summed E-state index contributed by atoms with van der Waals surface area (Å²) in [4.78, 5) is 35.4. The van der Waals surface area contributed by atoms with Crippen molar-refractivity contribution < 1.29 is 27.5 Å². The molecular weight excluding hydrogens is 390 g/mol. The minimum Gasteiger partial charge on any atom is -0.457 e. The van der Waals surface area contributed by atoms with Crippen LogP contribution in [-0.4, -0.2) is 55.2 Å². The highest BCUT2D eigenvalue weighted by atomic mass is 32.2. The maximum atomic E-state index is 12.1. The number of ketones is 1. The van der Waals surface area contributed by atoms with Gasteiger partial charge in [0.1, 0.15) is 0 Å². The number of Topliss-reactive ketones (excluding diaryl/α,β-unsaturated/α-hetero) is 1. The number of esters is 1. The summed E-state index contributed by atoms with van der Waals surface area (Å²) in [6.45, 7) is 1.54. The summed E-state index contributed by atoms with van der Waals surface area (Å²) in [5.74, 6) is -0.698. The fourth-order valence-electron chi connectivity index (χ4n) is 2.54. The molecule has 1 aliphatic heterocycles. The van der Waals surface area contributed by atoms with Crippen molar-refractivity contribution in [3.05, 3.63) is 29.8 Å². The molecule has 1 N–H and O–H groups in total. The zero-order valence-corrected chi connectivity index (χ0v) is 16.7. The summed E-state index contributed by atoms with van der Waals surface area (Å²) >= 11 is 1.25. The van der Waals surface area contributed by atoms with E-state index in [1.54, 1.807) is 24.3 Å². The topological polar surface area (TPSA) is 107 Å². The van der Waals surface area contributed by atoms with Crippen LogP contribution in [0.4, 0.5) is 5.69 Å². The van der Waals surface area contributed by atoms with E-state index in [9.17, 15) is 22.8 Å². The van der Waals surface area contributed by atoms with Crippen molar-refractivity contribution >= 4 is 44.9 Å². The third-order valence-corrected chi connectivity index (χ3v) is 7.21. The average Bonchev–Trinajstić information content (AvgIpc) is 2.97. The minimum atomic E-state index is -2.97. The first-order valence-corrected chi connectivity index (χ1v) is 11.6. The van der Waals surface area contributed by atoms with Gasteiger partial charge < -0.3 is 10.1 Å². The molecule has 1 aromatic rings. The maximum absolute atomic E-state index is 12.1. The number of carbonyl (C=O) groups is 3. The molecule has 1 amide bonds. The largest absolute Gasteiger partial charge is 0.457 e. The SMILES string of the molecule is CCCC(=O)Nc1ccc(C(=O)COC(=O)CS[C@@H]2CCS(=O)(=O)C2)cc1. The molecule has 0 aromatic heterocycles. The van der Waals surface area contributed by atoms with Crippen LogP contribution in [0.5, 0.6) is 0 Å². The molecule has 1 aromatic carbocycles. The average molecular weight is 414 g/mol. The summed E-state index contributed by atoms with van der Waals surface area (Å²) in [6.07, 6.45) is 1.73. The Morgan fingerprint density at radius 2 is 1.93 bits per heavy atom. The van der Waals surface area contributed by atoms with E-state index in [2.05, 4.69) is 5.32 Å². The van der Waals surface area contributed by atoms with E-state index in [4.69, 9.17) is 4.74 Å². The summed E-state index contributed by atoms with van der Waals surface area (Å²) < 4.78 is 27.7. The van der Waals surface area contributed by atoms with Gasteiger partial charge in [0.05, 0.1) is 17.3 Å². The Hall–Kier alpha value is -1.87. The van der Waals surface area contributed by atoms with Gasteiger partial charge in [-0.15, -0.1) is 11.8 Å². The van der Waals surface area contributed by atoms with Crippen molar-refractivity contribution in [3.8, 4) is 0 Å². The van der Waals surface area contributed by atoms with E-state index in [-0.39, 0.29) is 40.8 Å². The lowest BCUT2D eigenvalue weighted by Gasteiger charge is -2.08. The fourth-order valence-corrected chi connectivity index (χ4v) is 5.98. The molecule has 1 aliphatic rings. The van der Waals surface area contributed by atoms with Gasteiger partial charge in [-0.3, -0.25) is 14.4 Å². The van der Waals surface area contributed by atoms with Gasteiger partial charge in [0.15, 0.2) is 22.2 Å². The van der Waals surface area contributed by atoms with Crippen molar-refractivity contribution in [2.45, 2.75) is 31.4 Å². The van der Waals surface area contributed by atoms with Gasteiger partial charge in [0.2, 0.25) is 5.91 Å². The highest BCUT2D eigenvalue weighted by Crippen LogP contribution is 2.24. The van der Waals surface area contributed by atoms with Crippen molar-refractivity contribution in [1.29, 1.82) is 0 Å². The summed E-state index contributed by atoms with van der Waals surface area (Å²) in [5, 5.41) is 2.64. The number of ether oxygens (including phenoxy) is 1. The zero-order valence-electron chi connectivity index (χ0n) is 15.1. The van der Waals surface area contributed by atoms with E-state index < -0.39 is 15.8 Å². The molecule has 0 spiro atoms. The molecule has 0 radical (unpaired) electrons. The number of thioether (sulfide) groups is 1. The van der Waals surface area contributed by atoms with Gasteiger partial charge in [0, 0.05) is 22.9 Å². The number of amides is 1. The molecule has 27 heavy (non-hydrogen) atoms. The second kappa shape index (κ2) is 9.89. The Labute approximate surface area is 163 Å². The molecule has 0 bridgehead atoms. The Bertz CT molecular complexity index is 789. The smallest absolute Gasteiger partial charge is 0.316 e. The van der Waals surface area contributed by atoms with Crippen molar-refractivity contribution in [3.63, 3.8) is 0 Å². The number of benzene rings is 1. The molecule has 0 saturated carbocycles. The van der Waals surface area contributed by atoms with E-state index in [1.165, 1.54) is 11.8 Å². The fraction of sp³-hybridized carbons (Fsp3) is 0.500. The van der Waals surface area contributed by atoms with Crippen LogP contribution in [0, 0.1) is 0 Å². The molecule has 1 saturated heterocycles.